The summed E-state index contributed by atoms with van der Waals surface area (Å²) in [5.41, 5.74) is 6.91. The van der Waals surface area contributed by atoms with E-state index >= 15 is 0 Å². The predicted molar refractivity (Wildman–Crippen MR) is 91.6 cm³/mol. The molecule has 7 heteroatoms. The van der Waals surface area contributed by atoms with Gasteiger partial charge in [-0.05, 0) is 33.6 Å². The van der Waals surface area contributed by atoms with Crippen LogP contribution in [0.1, 0.15) is 33.6 Å². The lowest BCUT2D eigenvalue weighted by Gasteiger charge is -2.33. The Kier molecular flexibility index (Phi) is 6.01. The molecule has 1 atom stereocenters. The van der Waals surface area contributed by atoms with Gasteiger partial charge in [0.05, 0.1) is 12.5 Å². The van der Waals surface area contributed by atoms with E-state index in [4.69, 9.17) is 10.5 Å². The Hall–Kier alpha value is -2.05. The Balaban J connectivity index is 2.21. The zero-order valence-electron chi connectivity index (χ0n) is 14.3. The fraction of sp³-hybridized carbons (Fsp3) is 0.688. The topological polar surface area (TPSA) is 84.6 Å². The SMILES string of the molecule is CCOC(=O)C1CCCN(c2ncnc(N(CC)CC)c2N)C1. The van der Waals surface area contributed by atoms with Gasteiger partial charge in [-0.3, -0.25) is 4.79 Å². The summed E-state index contributed by atoms with van der Waals surface area (Å²) in [7, 11) is 0. The van der Waals surface area contributed by atoms with E-state index in [0.29, 0.717) is 18.8 Å². The third-order valence-corrected chi connectivity index (χ3v) is 4.25. The number of hydrogen-bond donors (Lipinski definition) is 1. The van der Waals surface area contributed by atoms with Crippen LogP contribution < -0.4 is 15.5 Å². The lowest BCUT2D eigenvalue weighted by Crippen LogP contribution is -2.40. The van der Waals surface area contributed by atoms with E-state index in [1.807, 2.05) is 6.92 Å². The summed E-state index contributed by atoms with van der Waals surface area (Å²) in [6, 6.07) is 0. The minimum Gasteiger partial charge on any atom is -0.466 e. The second kappa shape index (κ2) is 7.99. The molecule has 0 spiro atoms. The minimum absolute atomic E-state index is 0.116. The Labute approximate surface area is 137 Å². The van der Waals surface area contributed by atoms with Crippen molar-refractivity contribution in [2.45, 2.75) is 33.6 Å². The summed E-state index contributed by atoms with van der Waals surface area (Å²) in [5.74, 6) is 1.23. The van der Waals surface area contributed by atoms with Gasteiger partial charge in [-0.2, -0.15) is 0 Å². The van der Waals surface area contributed by atoms with E-state index in [-0.39, 0.29) is 11.9 Å². The molecule has 1 aromatic heterocycles. The molecule has 7 nitrogen and oxygen atoms in total. The summed E-state index contributed by atoms with van der Waals surface area (Å²) in [6.07, 6.45) is 3.32. The smallest absolute Gasteiger partial charge is 0.310 e. The number of nitrogens with zero attached hydrogens (tertiary/aromatic N) is 4. The molecule has 1 saturated heterocycles. The van der Waals surface area contributed by atoms with Gasteiger partial charge in [-0.25, -0.2) is 9.97 Å². The van der Waals surface area contributed by atoms with Crippen LogP contribution in [0.25, 0.3) is 0 Å². The van der Waals surface area contributed by atoms with Crippen molar-refractivity contribution in [3.8, 4) is 0 Å². The van der Waals surface area contributed by atoms with Gasteiger partial charge >= 0.3 is 5.97 Å². The van der Waals surface area contributed by atoms with E-state index < -0.39 is 0 Å². The molecular weight excluding hydrogens is 294 g/mol. The third-order valence-electron chi connectivity index (χ3n) is 4.25. The van der Waals surface area contributed by atoms with Gasteiger partial charge < -0.3 is 20.3 Å². The lowest BCUT2D eigenvalue weighted by molar-refractivity contribution is -0.148. The molecule has 1 unspecified atom stereocenters. The molecule has 0 aliphatic carbocycles. The van der Waals surface area contributed by atoms with E-state index in [9.17, 15) is 4.79 Å². The van der Waals surface area contributed by atoms with E-state index in [2.05, 4.69) is 33.6 Å². The summed E-state index contributed by atoms with van der Waals surface area (Å²) in [5, 5.41) is 0. The number of hydrogen-bond acceptors (Lipinski definition) is 7. The van der Waals surface area contributed by atoms with Crippen LogP contribution in [0.4, 0.5) is 17.3 Å². The van der Waals surface area contributed by atoms with Crippen LogP contribution in [0.2, 0.25) is 0 Å². The van der Waals surface area contributed by atoms with Crippen LogP contribution >= 0.6 is 0 Å². The lowest BCUT2D eigenvalue weighted by atomic mass is 9.98. The standard InChI is InChI=1S/C16H27N5O2/c1-4-20(5-2)14-13(17)15(19-11-18-14)21-9-7-8-12(10-21)16(22)23-6-3/h11-12H,4-10,17H2,1-3H3. The van der Waals surface area contributed by atoms with Crippen molar-refractivity contribution in [1.82, 2.24) is 9.97 Å². The highest BCUT2D eigenvalue weighted by atomic mass is 16.5. The number of esters is 1. The normalized spacial score (nSPS) is 17.9. The number of piperidine rings is 1. The number of nitrogens with two attached hydrogens (primary N) is 1. The fourth-order valence-corrected chi connectivity index (χ4v) is 3.03. The van der Waals surface area contributed by atoms with Gasteiger partial charge in [-0.1, -0.05) is 0 Å². The molecule has 2 heterocycles. The van der Waals surface area contributed by atoms with E-state index in [0.717, 1.165) is 44.1 Å². The van der Waals surface area contributed by atoms with Crippen LogP contribution in [0.5, 0.6) is 0 Å². The first-order valence-corrected chi connectivity index (χ1v) is 8.39. The zero-order valence-corrected chi connectivity index (χ0v) is 14.3. The summed E-state index contributed by atoms with van der Waals surface area (Å²) in [6.45, 7) is 9.50. The van der Waals surface area contributed by atoms with Crippen molar-refractivity contribution in [2.24, 2.45) is 5.92 Å². The average Bonchev–Trinajstić information content (AvgIpc) is 2.58. The van der Waals surface area contributed by atoms with Crippen LogP contribution in [0.15, 0.2) is 6.33 Å². The largest absolute Gasteiger partial charge is 0.466 e. The van der Waals surface area contributed by atoms with Gasteiger partial charge in [0, 0.05) is 26.2 Å². The quantitative estimate of drug-likeness (QED) is 0.798. The molecule has 0 bridgehead atoms. The Morgan fingerprint density at radius 1 is 1.39 bits per heavy atom. The molecule has 0 aromatic carbocycles. The summed E-state index contributed by atoms with van der Waals surface area (Å²) < 4.78 is 5.15. The molecule has 1 aliphatic heterocycles. The highest BCUT2D eigenvalue weighted by Crippen LogP contribution is 2.31. The monoisotopic (exact) mass is 321 g/mol. The maximum absolute atomic E-state index is 12.0. The number of anilines is 3. The molecule has 2 rings (SSSR count). The van der Waals surface area contributed by atoms with Crippen molar-refractivity contribution in [3.05, 3.63) is 6.33 Å². The van der Waals surface area contributed by atoms with E-state index in [1.54, 1.807) is 6.33 Å². The van der Waals surface area contributed by atoms with Crippen LogP contribution in [0, 0.1) is 5.92 Å². The first kappa shape index (κ1) is 17.3. The molecule has 2 N–H and O–H groups in total. The number of carbonyl (C=O) groups is 1. The maximum Gasteiger partial charge on any atom is 0.310 e. The fourth-order valence-electron chi connectivity index (χ4n) is 3.03. The van der Waals surface area contributed by atoms with Crippen LogP contribution in [0.3, 0.4) is 0 Å². The first-order valence-electron chi connectivity index (χ1n) is 8.39. The molecule has 0 saturated carbocycles. The Morgan fingerprint density at radius 2 is 2.13 bits per heavy atom. The zero-order chi connectivity index (χ0) is 16.8. The molecule has 1 fully saturated rings. The van der Waals surface area contributed by atoms with Crippen molar-refractivity contribution in [1.29, 1.82) is 0 Å². The molecule has 128 valence electrons. The second-order valence-corrected chi connectivity index (χ2v) is 5.64. The number of nitrogen functional groups attached to an aromatic ring is 1. The molecule has 1 aromatic rings. The van der Waals surface area contributed by atoms with Crippen molar-refractivity contribution in [3.63, 3.8) is 0 Å². The second-order valence-electron chi connectivity index (χ2n) is 5.64. The van der Waals surface area contributed by atoms with Gasteiger partial charge in [-0.15, -0.1) is 0 Å². The Morgan fingerprint density at radius 3 is 2.78 bits per heavy atom. The summed E-state index contributed by atoms with van der Waals surface area (Å²) >= 11 is 0. The van der Waals surface area contributed by atoms with E-state index in [1.165, 1.54) is 0 Å². The summed E-state index contributed by atoms with van der Waals surface area (Å²) in [4.78, 5) is 24.9. The van der Waals surface area contributed by atoms with Gasteiger partial charge in [0.2, 0.25) is 0 Å². The molecule has 1 aliphatic rings. The van der Waals surface area contributed by atoms with Crippen LogP contribution in [-0.2, 0) is 9.53 Å². The molecular formula is C16H27N5O2. The third kappa shape index (κ3) is 3.83. The average molecular weight is 321 g/mol. The first-order chi connectivity index (χ1) is 11.1. The van der Waals surface area contributed by atoms with Crippen molar-refractivity contribution in [2.75, 3.05) is 48.3 Å². The molecule has 0 radical (unpaired) electrons. The highest BCUT2D eigenvalue weighted by Gasteiger charge is 2.29. The predicted octanol–water partition coefficient (Wildman–Crippen LogP) is 1.68. The number of rotatable bonds is 6. The van der Waals surface area contributed by atoms with Gasteiger partial charge in [0.1, 0.15) is 12.0 Å². The molecule has 0 amide bonds. The number of carbonyl (C=O) groups excluding carboxylic acids is 1. The number of aromatic nitrogens is 2. The molecule has 23 heavy (non-hydrogen) atoms. The maximum atomic E-state index is 12.0. The highest BCUT2D eigenvalue weighted by molar-refractivity contribution is 5.77. The van der Waals surface area contributed by atoms with Gasteiger partial charge in [0.15, 0.2) is 11.6 Å². The van der Waals surface area contributed by atoms with Crippen molar-refractivity contribution < 1.29 is 9.53 Å². The van der Waals surface area contributed by atoms with Gasteiger partial charge in [0.25, 0.3) is 0 Å². The van der Waals surface area contributed by atoms with Crippen molar-refractivity contribution >= 4 is 23.3 Å². The Bertz CT molecular complexity index is 533. The number of ether oxygens (including phenoxy) is 1. The van der Waals surface area contributed by atoms with Crippen LogP contribution in [-0.4, -0.2) is 48.7 Å². The minimum atomic E-state index is -0.131.